The molecule has 6 heteroatoms. The SMILES string of the molecule is CC(C)n1ncc(Cl)c1C(O)c1cn(C)nc1C(C)(C)C. The molecular weight excluding hydrogens is 288 g/mol. The summed E-state index contributed by atoms with van der Waals surface area (Å²) in [6.45, 7) is 10.2. The van der Waals surface area contributed by atoms with Crippen LogP contribution < -0.4 is 0 Å². The van der Waals surface area contributed by atoms with Crippen molar-refractivity contribution in [2.45, 2.75) is 52.2 Å². The highest BCUT2D eigenvalue weighted by molar-refractivity contribution is 6.31. The summed E-state index contributed by atoms with van der Waals surface area (Å²) in [6.07, 6.45) is 2.58. The van der Waals surface area contributed by atoms with Gasteiger partial charge in [0.05, 0.1) is 22.6 Å². The summed E-state index contributed by atoms with van der Waals surface area (Å²) in [5.41, 5.74) is 2.09. The first-order chi connectivity index (χ1) is 9.62. The molecule has 0 saturated heterocycles. The molecular formula is C15H23ClN4O. The highest BCUT2D eigenvalue weighted by Crippen LogP contribution is 2.35. The van der Waals surface area contributed by atoms with E-state index in [1.54, 1.807) is 15.6 Å². The Labute approximate surface area is 130 Å². The topological polar surface area (TPSA) is 55.9 Å². The number of aliphatic hydroxyl groups is 1. The minimum absolute atomic E-state index is 0.122. The van der Waals surface area contributed by atoms with Gasteiger partial charge in [0, 0.05) is 30.3 Å². The molecule has 0 fully saturated rings. The molecule has 2 heterocycles. The van der Waals surface area contributed by atoms with Crippen molar-refractivity contribution >= 4 is 11.6 Å². The smallest absolute Gasteiger partial charge is 0.125 e. The lowest BCUT2D eigenvalue weighted by Crippen LogP contribution is -2.18. The maximum absolute atomic E-state index is 10.9. The van der Waals surface area contributed by atoms with E-state index < -0.39 is 6.10 Å². The first-order valence-corrected chi connectivity index (χ1v) is 7.45. The van der Waals surface area contributed by atoms with Gasteiger partial charge in [0.2, 0.25) is 0 Å². The predicted octanol–water partition coefficient (Wildman–Crippen LogP) is 3.23. The Hall–Kier alpha value is -1.33. The number of aryl methyl sites for hydroxylation is 1. The highest BCUT2D eigenvalue weighted by atomic mass is 35.5. The average molecular weight is 311 g/mol. The number of hydrogen-bond donors (Lipinski definition) is 1. The molecule has 0 aliphatic rings. The molecule has 116 valence electrons. The van der Waals surface area contributed by atoms with Crippen molar-refractivity contribution < 1.29 is 5.11 Å². The van der Waals surface area contributed by atoms with Gasteiger partial charge < -0.3 is 5.11 Å². The van der Waals surface area contributed by atoms with E-state index in [0.29, 0.717) is 10.7 Å². The molecule has 0 bridgehead atoms. The van der Waals surface area contributed by atoms with Crippen molar-refractivity contribution in [1.29, 1.82) is 0 Å². The van der Waals surface area contributed by atoms with Crippen molar-refractivity contribution in [2.75, 3.05) is 0 Å². The summed E-state index contributed by atoms with van der Waals surface area (Å²) in [5, 5.41) is 20.1. The van der Waals surface area contributed by atoms with Crippen molar-refractivity contribution in [3.63, 3.8) is 0 Å². The van der Waals surface area contributed by atoms with Crippen LogP contribution in [0.1, 0.15) is 63.7 Å². The zero-order valence-corrected chi connectivity index (χ0v) is 14.2. The maximum atomic E-state index is 10.9. The molecule has 2 rings (SSSR count). The first kappa shape index (κ1) is 16.0. The second-order valence-corrected chi connectivity index (χ2v) is 7.08. The zero-order valence-electron chi connectivity index (χ0n) is 13.4. The third-order valence-electron chi connectivity index (χ3n) is 3.40. The minimum atomic E-state index is -0.842. The largest absolute Gasteiger partial charge is 0.382 e. The van der Waals surface area contributed by atoms with Crippen LogP contribution in [0.3, 0.4) is 0 Å². The zero-order chi connectivity index (χ0) is 15.9. The molecule has 1 unspecified atom stereocenters. The molecule has 2 aromatic heterocycles. The summed E-state index contributed by atoms with van der Waals surface area (Å²) in [5.74, 6) is 0. The van der Waals surface area contributed by atoms with E-state index in [2.05, 4.69) is 31.0 Å². The Kier molecular flexibility index (Phi) is 4.17. The van der Waals surface area contributed by atoms with Gasteiger partial charge in [0.1, 0.15) is 6.10 Å². The summed E-state index contributed by atoms with van der Waals surface area (Å²) in [7, 11) is 1.85. The van der Waals surface area contributed by atoms with Crippen LogP contribution in [0.4, 0.5) is 0 Å². The molecule has 0 spiro atoms. The van der Waals surface area contributed by atoms with E-state index in [1.807, 2.05) is 27.1 Å². The molecule has 0 radical (unpaired) electrons. The highest BCUT2D eigenvalue weighted by Gasteiger charge is 2.30. The lowest BCUT2D eigenvalue weighted by Gasteiger charge is -2.21. The van der Waals surface area contributed by atoms with Gasteiger partial charge in [0.25, 0.3) is 0 Å². The first-order valence-electron chi connectivity index (χ1n) is 7.08. The molecule has 0 amide bonds. The van der Waals surface area contributed by atoms with Crippen molar-refractivity contribution in [3.05, 3.63) is 34.4 Å². The number of hydrogen-bond acceptors (Lipinski definition) is 3. The standard InChI is InChI=1S/C15H23ClN4O/c1-9(2)20-12(11(16)7-17-20)13(21)10-8-19(6)18-14(10)15(3,4)5/h7-9,13,21H,1-6H3. The Morgan fingerprint density at radius 2 is 1.90 bits per heavy atom. The van der Waals surface area contributed by atoms with Crippen LogP contribution in [0.15, 0.2) is 12.4 Å². The van der Waals surface area contributed by atoms with Crippen LogP contribution in [0, 0.1) is 0 Å². The summed E-state index contributed by atoms with van der Waals surface area (Å²) in [6, 6.07) is 0.122. The Morgan fingerprint density at radius 1 is 1.29 bits per heavy atom. The fourth-order valence-corrected chi connectivity index (χ4v) is 2.69. The van der Waals surface area contributed by atoms with Crippen LogP contribution in [0.2, 0.25) is 5.02 Å². The van der Waals surface area contributed by atoms with Gasteiger partial charge >= 0.3 is 0 Å². The predicted molar refractivity (Wildman–Crippen MR) is 83.6 cm³/mol. The van der Waals surface area contributed by atoms with E-state index in [-0.39, 0.29) is 11.5 Å². The third kappa shape index (κ3) is 2.99. The number of halogens is 1. The molecule has 0 aliphatic carbocycles. The number of aromatic nitrogens is 4. The van der Waals surface area contributed by atoms with E-state index in [4.69, 9.17) is 11.6 Å². The number of aliphatic hydroxyl groups excluding tert-OH is 1. The molecule has 2 aromatic rings. The molecule has 5 nitrogen and oxygen atoms in total. The molecule has 21 heavy (non-hydrogen) atoms. The monoisotopic (exact) mass is 310 g/mol. The van der Waals surface area contributed by atoms with Crippen LogP contribution in [0.25, 0.3) is 0 Å². The maximum Gasteiger partial charge on any atom is 0.125 e. The average Bonchev–Trinajstić information content (AvgIpc) is 2.91. The van der Waals surface area contributed by atoms with E-state index in [0.717, 1.165) is 11.3 Å². The molecule has 0 saturated carbocycles. The molecule has 0 aliphatic heterocycles. The Balaban J connectivity index is 2.56. The number of rotatable bonds is 3. The lowest BCUT2D eigenvalue weighted by atomic mass is 9.87. The van der Waals surface area contributed by atoms with E-state index in [9.17, 15) is 5.11 Å². The number of nitrogens with zero attached hydrogens (tertiary/aromatic N) is 4. The van der Waals surface area contributed by atoms with E-state index >= 15 is 0 Å². The van der Waals surface area contributed by atoms with Gasteiger partial charge in [-0.2, -0.15) is 10.2 Å². The van der Waals surface area contributed by atoms with Gasteiger partial charge in [-0.25, -0.2) is 0 Å². The van der Waals surface area contributed by atoms with E-state index in [1.165, 1.54) is 0 Å². The summed E-state index contributed by atoms with van der Waals surface area (Å²) >= 11 is 6.24. The Morgan fingerprint density at radius 3 is 2.43 bits per heavy atom. The summed E-state index contributed by atoms with van der Waals surface area (Å²) in [4.78, 5) is 0. The van der Waals surface area contributed by atoms with Crippen molar-refractivity contribution in [2.24, 2.45) is 7.05 Å². The second-order valence-electron chi connectivity index (χ2n) is 6.68. The molecule has 1 N–H and O–H groups in total. The van der Waals surface area contributed by atoms with Crippen molar-refractivity contribution in [1.82, 2.24) is 19.6 Å². The quantitative estimate of drug-likeness (QED) is 0.947. The second kappa shape index (κ2) is 5.46. The van der Waals surface area contributed by atoms with Crippen molar-refractivity contribution in [3.8, 4) is 0 Å². The van der Waals surface area contributed by atoms with Crippen LogP contribution >= 0.6 is 11.6 Å². The fourth-order valence-electron chi connectivity index (χ4n) is 2.46. The summed E-state index contributed by atoms with van der Waals surface area (Å²) < 4.78 is 3.48. The van der Waals surface area contributed by atoms with Gasteiger partial charge in [-0.05, 0) is 13.8 Å². The van der Waals surface area contributed by atoms with Gasteiger partial charge in [-0.1, -0.05) is 32.4 Å². The normalized spacial score (nSPS) is 14.0. The Bertz CT molecular complexity index is 637. The third-order valence-corrected chi connectivity index (χ3v) is 3.69. The van der Waals surface area contributed by atoms with Crippen LogP contribution in [0.5, 0.6) is 0 Å². The minimum Gasteiger partial charge on any atom is -0.382 e. The van der Waals surface area contributed by atoms with Crippen LogP contribution in [-0.2, 0) is 12.5 Å². The molecule has 0 aromatic carbocycles. The van der Waals surface area contributed by atoms with Gasteiger partial charge in [-0.15, -0.1) is 0 Å². The van der Waals surface area contributed by atoms with Crippen LogP contribution in [-0.4, -0.2) is 24.7 Å². The van der Waals surface area contributed by atoms with Gasteiger partial charge in [-0.3, -0.25) is 9.36 Å². The van der Waals surface area contributed by atoms with Gasteiger partial charge in [0.15, 0.2) is 0 Å². The lowest BCUT2D eigenvalue weighted by molar-refractivity contribution is 0.202. The molecule has 1 atom stereocenters. The fraction of sp³-hybridized carbons (Fsp3) is 0.600.